The van der Waals surface area contributed by atoms with Crippen LogP contribution in [0.4, 0.5) is 0 Å². The molecular weight excluding hydrogens is 175 g/mol. The maximum Gasteiger partial charge on any atom is 0.104 e. The minimum absolute atomic E-state index is 0.134. The summed E-state index contributed by atoms with van der Waals surface area (Å²) in [6.07, 6.45) is 4.45. The SMILES string of the molecule is BCCOC(S)CCCCS. The van der Waals surface area contributed by atoms with E-state index < -0.39 is 0 Å². The van der Waals surface area contributed by atoms with Gasteiger partial charge in [-0.15, -0.1) is 12.6 Å². The van der Waals surface area contributed by atoms with E-state index in [0.717, 1.165) is 31.5 Å². The summed E-state index contributed by atoms with van der Waals surface area (Å²) in [5, 5.41) is 0. The van der Waals surface area contributed by atoms with Gasteiger partial charge < -0.3 is 4.74 Å². The summed E-state index contributed by atoms with van der Waals surface area (Å²) in [5.74, 6) is 0.967. The van der Waals surface area contributed by atoms with Crippen molar-refractivity contribution in [2.24, 2.45) is 0 Å². The molecule has 0 aliphatic carbocycles. The molecule has 0 radical (unpaired) electrons. The lowest BCUT2D eigenvalue weighted by atomic mass is 10.1. The fraction of sp³-hybridized carbons (Fsp3) is 1.00. The van der Waals surface area contributed by atoms with Crippen LogP contribution in [0.5, 0.6) is 0 Å². The normalized spacial score (nSPS) is 13.3. The van der Waals surface area contributed by atoms with Gasteiger partial charge in [0.05, 0.1) is 5.44 Å². The number of thiol groups is 2. The zero-order chi connectivity index (χ0) is 8.53. The van der Waals surface area contributed by atoms with Crippen LogP contribution in [0.1, 0.15) is 19.3 Å². The molecule has 0 amide bonds. The highest BCUT2D eigenvalue weighted by molar-refractivity contribution is 7.80. The predicted octanol–water partition coefficient (Wildman–Crippen LogP) is 1.41. The highest BCUT2D eigenvalue weighted by Gasteiger charge is 2.00. The van der Waals surface area contributed by atoms with Gasteiger partial charge in [0.25, 0.3) is 0 Å². The van der Waals surface area contributed by atoms with Gasteiger partial charge in [-0.25, -0.2) is 0 Å². The van der Waals surface area contributed by atoms with Crippen LogP contribution < -0.4 is 0 Å². The molecule has 1 nitrogen and oxygen atoms in total. The predicted molar refractivity (Wildman–Crippen MR) is 59.8 cm³/mol. The molecule has 0 aromatic carbocycles. The molecule has 4 heteroatoms. The molecule has 0 bridgehead atoms. The largest absolute Gasteiger partial charge is 0.369 e. The van der Waals surface area contributed by atoms with Crippen LogP contribution in [0.3, 0.4) is 0 Å². The smallest absolute Gasteiger partial charge is 0.104 e. The average Bonchev–Trinajstić information content (AvgIpc) is 2.01. The fourth-order valence-corrected chi connectivity index (χ4v) is 1.28. The van der Waals surface area contributed by atoms with Crippen molar-refractivity contribution in [2.75, 3.05) is 12.4 Å². The Morgan fingerprint density at radius 3 is 2.64 bits per heavy atom. The van der Waals surface area contributed by atoms with Crippen LogP contribution >= 0.6 is 25.3 Å². The first kappa shape index (κ1) is 11.7. The van der Waals surface area contributed by atoms with Crippen molar-refractivity contribution < 1.29 is 4.74 Å². The lowest BCUT2D eigenvalue weighted by Crippen LogP contribution is -2.06. The van der Waals surface area contributed by atoms with Crippen molar-refractivity contribution >= 4 is 33.1 Å². The molecule has 1 unspecified atom stereocenters. The standard InChI is InChI=1S/C7H17BOS2/c8-4-5-9-7(11)3-1-2-6-10/h7,10-11H,1-6,8H2. The van der Waals surface area contributed by atoms with E-state index >= 15 is 0 Å². The molecular formula is C7H17BOS2. The van der Waals surface area contributed by atoms with Crippen LogP contribution in [-0.4, -0.2) is 25.6 Å². The minimum atomic E-state index is 0.134. The van der Waals surface area contributed by atoms with Gasteiger partial charge in [0.1, 0.15) is 7.85 Å². The second kappa shape index (κ2) is 8.82. The minimum Gasteiger partial charge on any atom is -0.369 e. The number of ether oxygens (including phenoxy) is 1. The summed E-state index contributed by atoms with van der Waals surface area (Å²) < 4.78 is 5.38. The van der Waals surface area contributed by atoms with Crippen LogP contribution in [0.2, 0.25) is 6.32 Å². The maximum atomic E-state index is 5.38. The van der Waals surface area contributed by atoms with Crippen molar-refractivity contribution in [1.82, 2.24) is 0 Å². The summed E-state index contributed by atoms with van der Waals surface area (Å²) in [5.41, 5.74) is 0.134. The Bertz CT molecular complexity index is 82.8. The second-order valence-corrected chi connectivity index (χ2v) is 3.57. The third kappa shape index (κ3) is 8.63. The molecule has 1 atom stereocenters. The number of unbranched alkanes of at least 4 members (excludes halogenated alkanes) is 1. The van der Waals surface area contributed by atoms with Gasteiger partial charge in [-0.2, -0.15) is 12.6 Å². The van der Waals surface area contributed by atoms with E-state index in [9.17, 15) is 0 Å². The molecule has 0 saturated carbocycles. The number of hydrogen-bond donors (Lipinski definition) is 2. The van der Waals surface area contributed by atoms with Gasteiger partial charge in [0.2, 0.25) is 0 Å². The van der Waals surface area contributed by atoms with E-state index in [4.69, 9.17) is 4.74 Å². The molecule has 0 aliphatic heterocycles. The maximum absolute atomic E-state index is 5.38. The van der Waals surface area contributed by atoms with Gasteiger partial charge in [-0.05, 0) is 25.0 Å². The Kier molecular flexibility index (Phi) is 9.40. The summed E-state index contributed by atoms with van der Waals surface area (Å²) in [4.78, 5) is 0. The van der Waals surface area contributed by atoms with E-state index in [0.29, 0.717) is 0 Å². The van der Waals surface area contributed by atoms with Crippen molar-refractivity contribution in [2.45, 2.75) is 31.0 Å². The molecule has 0 N–H and O–H groups in total. The third-order valence-corrected chi connectivity index (χ3v) is 2.10. The molecule has 0 spiro atoms. The van der Waals surface area contributed by atoms with Crippen LogP contribution in [-0.2, 0) is 4.74 Å². The lowest BCUT2D eigenvalue weighted by molar-refractivity contribution is 0.119. The zero-order valence-corrected chi connectivity index (χ0v) is 8.91. The van der Waals surface area contributed by atoms with Crippen LogP contribution in [0.25, 0.3) is 0 Å². The molecule has 0 rings (SSSR count). The molecule has 0 aliphatic rings. The van der Waals surface area contributed by atoms with E-state index in [-0.39, 0.29) is 5.44 Å². The Morgan fingerprint density at radius 1 is 1.36 bits per heavy atom. The van der Waals surface area contributed by atoms with E-state index in [2.05, 4.69) is 33.1 Å². The van der Waals surface area contributed by atoms with Gasteiger partial charge >= 0.3 is 0 Å². The first-order chi connectivity index (χ1) is 5.31. The third-order valence-electron chi connectivity index (χ3n) is 1.37. The van der Waals surface area contributed by atoms with Gasteiger partial charge in [-0.3, -0.25) is 0 Å². The number of hydrogen-bond acceptors (Lipinski definition) is 3. The molecule has 0 aromatic heterocycles. The quantitative estimate of drug-likeness (QED) is 0.268. The first-order valence-electron chi connectivity index (χ1n) is 4.21. The van der Waals surface area contributed by atoms with Gasteiger partial charge in [0.15, 0.2) is 0 Å². The second-order valence-electron chi connectivity index (χ2n) is 2.54. The topological polar surface area (TPSA) is 9.23 Å². The average molecular weight is 192 g/mol. The van der Waals surface area contributed by atoms with Crippen molar-refractivity contribution in [3.8, 4) is 0 Å². The van der Waals surface area contributed by atoms with E-state index in [1.54, 1.807) is 0 Å². The van der Waals surface area contributed by atoms with Crippen molar-refractivity contribution in [3.63, 3.8) is 0 Å². The fourth-order valence-electron chi connectivity index (χ4n) is 0.768. The Labute approximate surface area is 81.5 Å². The molecule has 0 fully saturated rings. The Balaban J connectivity index is 3.02. The van der Waals surface area contributed by atoms with Crippen LogP contribution in [0, 0.1) is 0 Å². The van der Waals surface area contributed by atoms with Gasteiger partial charge in [0, 0.05) is 6.61 Å². The van der Waals surface area contributed by atoms with Gasteiger partial charge in [-0.1, -0.05) is 6.32 Å². The molecule has 11 heavy (non-hydrogen) atoms. The molecule has 66 valence electrons. The monoisotopic (exact) mass is 192 g/mol. The molecule has 0 saturated heterocycles. The van der Waals surface area contributed by atoms with E-state index in [1.165, 1.54) is 6.42 Å². The molecule has 0 aromatic rings. The lowest BCUT2D eigenvalue weighted by Gasteiger charge is -2.10. The summed E-state index contributed by atoms with van der Waals surface area (Å²) in [6.45, 7) is 0.828. The summed E-state index contributed by atoms with van der Waals surface area (Å²) in [7, 11) is 2.11. The molecule has 0 heterocycles. The number of rotatable bonds is 7. The zero-order valence-electron chi connectivity index (χ0n) is 7.12. The summed E-state index contributed by atoms with van der Waals surface area (Å²) in [6, 6.07) is 0. The van der Waals surface area contributed by atoms with E-state index in [1.807, 2.05) is 0 Å². The van der Waals surface area contributed by atoms with Crippen molar-refractivity contribution in [3.05, 3.63) is 0 Å². The highest BCUT2D eigenvalue weighted by atomic mass is 32.1. The van der Waals surface area contributed by atoms with Crippen molar-refractivity contribution in [1.29, 1.82) is 0 Å². The van der Waals surface area contributed by atoms with Crippen LogP contribution in [0.15, 0.2) is 0 Å². The Hall–Kier alpha value is 0.725. The Morgan fingerprint density at radius 2 is 2.09 bits per heavy atom. The first-order valence-corrected chi connectivity index (χ1v) is 5.36. The highest BCUT2D eigenvalue weighted by Crippen LogP contribution is 2.08. The summed E-state index contributed by atoms with van der Waals surface area (Å²) >= 11 is 8.42.